The molecule has 2 N–H and O–H groups in total. The number of nitrogens with zero attached hydrogens (tertiary/aromatic N) is 2. The lowest BCUT2D eigenvalue weighted by Gasteiger charge is -2.32. The van der Waals surface area contributed by atoms with Gasteiger partial charge in [0.1, 0.15) is 0 Å². The number of hydrogen-bond acceptors (Lipinski definition) is 3. The van der Waals surface area contributed by atoms with Crippen molar-refractivity contribution in [3.05, 3.63) is 35.4 Å². The lowest BCUT2D eigenvalue weighted by Crippen LogP contribution is -2.43. The van der Waals surface area contributed by atoms with E-state index in [0.717, 1.165) is 31.5 Å². The summed E-state index contributed by atoms with van der Waals surface area (Å²) in [5, 5.41) is 6.69. The van der Waals surface area contributed by atoms with E-state index in [1.807, 2.05) is 7.05 Å². The predicted molar refractivity (Wildman–Crippen MR) is 100 cm³/mol. The molecule has 0 aliphatic carbocycles. The first-order chi connectivity index (χ1) is 11.7. The fourth-order valence-electron chi connectivity index (χ4n) is 3.03. The minimum atomic E-state index is 0.693. The molecule has 0 unspecified atom stereocenters. The maximum Gasteiger partial charge on any atom is 0.191 e. The highest BCUT2D eigenvalue weighted by Gasteiger charge is 2.19. The molecule has 1 saturated heterocycles. The molecule has 2 rings (SSSR count). The van der Waals surface area contributed by atoms with Gasteiger partial charge in [0.05, 0.1) is 6.61 Å². The number of hydrogen-bond donors (Lipinski definition) is 2. The van der Waals surface area contributed by atoms with Crippen LogP contribution in [0.1, 0.15) is 24.0 Å². The van der Waals surface area contributed by atoms with E-state index >= 15 is 0 Å². The zero-order chi connectivity index (χ0) is 17.2. The van der Waals surface area contributed by atoms with Crippen LogP contribution in [0.3, 0.4) is 0 Å². The first-order valence-electron chi connectivity index (χ1n) is 8.92. The van der Waals surface area contributed by atoms with Crippen LogP contribution < -0.4 is 10.6 Å². The van der Waals surface area contributed by atoms with E-state index in [1.54, 1.807) is 7.11 Å². The SMILES string of the molecule is CN=C(NCCOC)NCC1CCN(Cc2ccc(C)cc2)CC1. The molecule has 0 radical (unpaired) electrons. The molecule has 0 saturated carbocycles. The third kappa shape index (κ3) is 6.49. The van der Waals surface area contributed by atoms with Crippen LogP contribution in [0.15, 0.2) is 29.3 Å². The average molecular weight is 332 g/mol. The smallest absolute Gasteiger partial charge is 0.191 e. The Morgan fingerprint density at radius 3 is 2.54 bits per heavy atom. The summed E-state index contributed by atoms with van der Waals surface area (Å²) in [6.45, 7) is 8.03. The van der Waals surface area contributed by atoms with E-state index in [1.165, 1.54) is 37.1 Å². The maximum absolute atomic E-state index is 5.05. The normalized spacial score (nSPS) is 17.0. The van der Waals surface area contributed by atoms with Gasteiger partial charge >= 0.3 is 0 Å². The molecule has 1 fully saturated rings. The fraction of sp³-hybridized carbons (Fsp3) is 0.632. The van der Waals surface area contributed by atoms with E-state index in [9.17, 15) is 0 Å². The van der Waals surface area contributed by atoms with Crippen molar-refractivity contribution in [1.29, 1.82) is 0 Å². The molecule has 0 atom stereocenters. The number of ether oxygens (including phenoxy) is 1. The van der Waals surface area contributed by atoms with Gasteiger partial charge in [-0.3, -0.25) is 9.89 Å². The maximum atomic E-state index is 5.05. The first kappa shape index (κ1) is 18.7. The number of aryl methyl sites for hydroxylation is 1. The average Bonchev–Trinajstić information content (AvgIpc) is 2.61. The van der Waals surface area contributed by atoms with E-state index in [-0.39, 0.29) is 0 Å². The van der Waals surface area contributed by atoms with E-state index < -0.39 is 0 Å². The highest BCUT2D eigenvalue weighted by molar-refractivity contribution is 5.79. The van der Waals surface area contributed by atoms with Crippen LogP contribution in [0.4, 0.5) is 0 Å². The van der Waals surface area contributed by atoms with Crippen molar-refractivity contribution < 1.29 is 4.74 Å². The summed E-state index contributed by atoms with van der Waals surface area (Å²) in [4.78, 5) is 6.81. The van der Waals surface area contributed by atoms with E-state index in [0.29, 0.717) is 6.61 Å². The Bertz CT molecular complexity index is 493. The van der Waals surface area contributed by atoms with Crippen molar-refractivity contribution >= 4 is 5.96 Å². The Morgan fingerprint density at radius 1 is 1.21 bits per heavy atom. The summed E-state index contributed by atoms with van der Waals surface area (Å²) >= 11 is 0. The number of benzene rings is 1. The second-order valence-corrected chi connectivity index (χ2v) is 6.58. The van der Waals surface area contributed by atoms with Gasteiger partial charge in [-0.2, -0.15) is 0 Å². The standard InChI is InChI=1S/C19H32N4O/c1-16-4-6-18(7-5-16)15-23-11-8-17(9-12-23)14-22-19(20-2)21-10-13-24-3/h4-7,17H,8-15H2,1-3H3,(H2,20,21,22). The molecule has 24 heavy (non-hydrogen) atoms. The minimum Gasteiger partial charge on any atom is -0.383 e. The van der Waals surface area contributed by atoms with Gasteiger partial charge in [-0.05, 0) is 44.3 Å². The van der Waals surface area contributed by atoms with Crippen molar-refractivity contribution in [2.45, 2.75) is 26.3 Å². The Labute approximate surface area is 146 Å². The monoisotopic (exact) mass is 332 g/mol. The molecule has 1 aromatic rings. The molecule has 1 aliphatic heterocycles. The Kier molecular flexibility index (Phi) is 8.05. The lowest BCUT2D eigenvalue weighted by molar-refractivity contribution is 0.178. The molecular formula is C19H32N4O. The first-order valence-corrected chi connectivity index (χ1v) is 8.92. The quantitative estimate of drug-likeness (QED) is 0.456. The molecule has 134 valence electrons. The molecule has 1 heterocycles. The summed E-state index contributed by atoms with van der Waals surface area (Å²) in [5.74, 6) is 1.59. The summed E-state index contributed by atoms with van der Waals surface area (Å²) in [7, 11) is 3.52. The van der Waals surface area contributed by atoms with Crippen LogP contribution >= 0.6 is 0 Å². The highest BCUT2D eigenvalue weighted by atomic mass is 16.5. The van der Waals surface area contributed by atoms with Crippen LogP contribution in [0.2, 0.25) is 0 Å². The van der Waals surface area contributed by atoms with Crippen molar-refractivity contribution in [2.75, 3.05) is 46.9 Å². The number of guanidine groups is 1. The molecule has 1 aromatic carbocycles. The molecule has 0 aromatic heterocycles. The fourth-order valence-corrected chi connectivity index (χ4v) is 3.03. The van der Waals surface area contributed by atoms with Crippen LogP contribution in [0.5, 0.6) is 0 Å². The Morgan fingerprint density at radius 2 is 1.92 bits per heavy atom. The number of nitrogens with one attached hydrogen (secondary N) is 2. The molecule has 0 amide bonds. The van der Waals surface area contributed by atoms with Crippen LogP contribution in [-0.4, -0.2) is 57.8 Å². The summed E-state index contributed by atoms with van der Waals surface area (Å²) in [5.41, 5.74) is 2.75. The zero-order valence-corrected chi connectivity index (χ0v) is 15.3. The highest BCUT2D eigenvalue weighted by Crippen LogP contribution is 2.18. The molecule has 0 bridgehead atoms. The third-order valence-corrected chi connectivity index (χ3v) is 4.61. The van der Waals surface area contributed by atoms with Gasteiger partial charge in [0.25, 0.3) is 0 Å². The van der Waals surface area contributed by atoms with Gasteiger partial charge in [0.2, 0.25) is 0 Å². The second kappa shape index (κ2) is 10.3. The van der Waals surface area contributed by atoms with Crippen molar-refractivity contribution in [2.24, 2.45) is 10.9 Å². The number of methoxy groups -OCH3 is 1. The van der Waals surface area contributed by atoms with Gasteiger partial charge in [-0.25, -0.2) is 0 Å². The summed E-state index contributed by atoms with van der Waals surface area (Å²) in [6.07, 6.45) is 2.49. The molecule has 5 heteroatoms. The topological polar surface area (TPSA) is 48.9 Å². The number of aliphatic imine (C=N–C) groups is 1. The lowest BCUT2D eigenvalue weighted by atomic mass is 9.96. The summed E-state index contributed by atoms with van der Waals surface area (Å²) < 4.78 is 5.05. The van der Waals surface area contributed by atoms with Crippen molar-refractivity contribution in [3.8, 4) is 0 Å². The zero-order valence-electron chi connectivity index (χ0n) is 15.3. The molecule has 1 aliphatic rings. The molecule has 0 spiro atoms. The minimum absolute atomic E-state index is 0.693. The number of rotatable bonds is 7. The molecule has 5 nitrogen and oxygen atoms in total. The van der Waals surface area contributed by atoms with Crippen molar-refractivity contribution in [1.82, 2.24) is 15.5 Å². The van der Waals surface area contributed by atoms with Gasteiger partial charge in [-0.15, -0.1) is 0 Å². The van der Waals surface area contributed by atoms with E-state index in [4.69, 9.17) is 4.74 Å². The van der Waals surface area contributed by atoms with Gasteiger partial charge in [0, 0.05) is 33.8 Å². The Balaban J connectivity index is 1.66. The van der Waals surface area contributed by atoms with Gasteiger partial charge < -0.3 is 15.4 Å². The van der Waals surface area contributed by atoms with Crippen LogP contribution in [0, 0.1) is 12.8 Å². The van der Waals surface area contributed by atoms with Gasteiger partial charge in [-0.1, -0.05) is 29.8 Å². The third-order valence-electron chi connectivity index (χ3n) is 4.61. The summed E-state index contributed by atoms with van der Waals surface area (Å²) in [6, 6.07) is 8.90. The van der Waals surface area contributed by atoms with Crippen LogP contribution in [0.25, 0.3) is 0 Å². The number of piperidine rings is 1. The van der Waals surface area contributed by atoms with Crippen LogP contribution in [-0.2, 0) is 11.3 Å². The predicted octanol–water partition coefficient (Wildman–Crippen LogP) is 2.02. The van der Waals surface area contributed by atoms with Gasteiger partial charge in [0.15, 0.2) is 5.96 Å². The second-order valence-electron chi connectivity index (χ2n) is 6.58. The number of likely N-dealkylation sites (tertiary alicyclic amines) is 1. The largest absolute Gasteiger partial charge is 0.383 e. The molecular weight excluding hydrogens is 300 g/mol. The Hall–Kier alpha value is -1.59. The van der Waals surface area contributed by atoms with E-state index in [2.05, 4.69) is 51.7 Å². The van der Waals surface area contributed by atoms with Crippen molar-refractivity contribution in [3.63, 3.8) is 0 Å².